The van der Waals surface area contributed by atoms with Gasteiger partial charge < -0.3 is 16.0 Å². The highest BCUT2D eigenvalue weighted by molar-refractivity contribution is 5.81. The maximum absolute atomic E-state index is 11.5. The summed E-state index contributed by atoms with van der Waals surface area (Å²) in [5.41, 5.74) is 0. The average molecular weight is 226 g/mol. The third-order valence-electron chi connectivity index (χ3n) is 2.83. The molecular formula is C11H22N4O. The minimum absolute atomic E-state index is 0.131. The monoisotopic (exact) mass is 226 g/mol. The average Bonchev–Trinajstić information content (AvgIpc) is 2.77. The molecule has 0 bridgehead atoms. The summed E-state index contributed by atoms with van der Waals surface area (Å²) < 4.78 is 0. The Kier molecular flexibility index (Phi) is 5.67. The van der Waals surface area contributed by atoms with Gasteiger partial charge in [-0.25, -0.2) is 0 Å². The van der Waals surface area contributed by atoms with Crippen LogP contribution in [0.5, 0.6) is 0 Å². The van der Waals surface area contributed by atoms with Gasteiger partial charge in [-0.2, -0.15) is 0 Å². The molecule has 0 aromatic rings. The molecule has 1 saturated carbocycles. The molecule has 1 fully saturated rings. The van der Waals surface area contributed by atoms with E-state index in [4.69, 9.17) is 0 Å². The summed E-state index contributed by atoms with van der Waals surface area (Å²) >= 11 is 0. The fourth-order valence-electron chi connectivity index (χ4n) is 1.94. The number of nitrogens with one attached hydrogen (secondary N) is 3. The molecule has 3 N–H and O–H groups in total. The van der Waals surface area contributed by atoms with Gasteiger partial charge in [0.15, 0.2) is 5.96 Å². The molecule has 0 spiro atoms. The highest BCUT2D eigenvalue weighted by Gasteiger charge is 2.16. The van der Waals surface area contributed by atoms with Crippen molar-refractivity contribution in [2.75, 3.05) is 20.6 Å². The number of hydrogen-bond acceptors (Lipinski definition) is 2. The van der Waals surface area contributed by atoms with E-state index < -0.39 is 0 Å². The number of guanidine groups is 1. The van der Waals surface area contributed by atoms with Crippen molar-refractivity contribution in [1.82, 2.24) is 16.0 Å². The van der Waals surface area contributed by atoms with E-state index >= 15 is 0 Å². The van der Waals surface area contributed by atoms with Crippen molar-refractivity contribution in [2.24, 2.45) is 4.99 Å². The Labute approximate surface area is 97.1 Å². The van der Waals surface area contributed by atoms with E-state index in [-0.39, 0.29) is 5.91 Å². The number of hydrogen-bond donors (Lipinski definition) is 3. The summed E-state index contributed by atoms with van der Waals surface area (Å²) in [6.07, 6.45) is 5.26. The van der Waals surface area contributed by atoms with E-state index in [9.17, 15) is 4.79 Å². The Morgan fingerprint density at radius 3 is 2.62 bits per heavy atom. The lowest BCUT2D eigenvalue weighted by Gasteiger charge is -2.12. The smallest absolute Gasteiger partial charge is 0.221 e. The Bertz CT molecular complexity index is 246. The van der Waals surface area contributed by atoms with Crippen LogP contribution in [-0.4, -0.2) is 38.5 Å². The van der Waals surface area contributed by atoms with Crippen LogP contribution in [-0.2, 0) is 4.79 Å². The zero-order chi connectivity index (χ0) is 11.8. The molecule has 0 aliphatic heterocycles. The van der Waals surface area contributed by atoms with Crippen molar-refractivity contribution >= 4 is 11.9 Å². The first-order valence-electron chi connectivity index (χ1n) is 5.94. The molecule has 1 amide bonds. The predicted octanol–water partition coefficient (Wildman–Crippen LogP) is 0.230. The molecular weight excluding hydrogens is 204 g/mol. The number of aliphatic imine (C=N–C) groups is 1. The third kappa shape index (κ3) is 4.51. The van der Waals surface area contributed by atoms with Crippen molar-refractivity contribution in [3.8, 4) is 0 Å². The van der Waals surface area contributed by atoms with E-state index in [2.05, 4.69) is 20.9 Å². The quantitative estimate of drug-likeness (QED) is 0.475. The van der Waals surface area contributed by atoms with Crippen LogP contribution >= 0.6 is 0 Å². The second-order valence-corrected chi connectivity index (χ2v) is 4.05. The highest BCUT2D eigenvalue weighted by Crippen LogP contribution is 2.17. The zero-order valence-electron chi connectivity index (χ0n) is 10.2. The molecule has 0 heterocycles. The lowest BCUT2D eigenvalue weighted by Crippen LogP contribution is -2.39. The van der Waals surface area contributed by atoms with Gasteiger partial charge in [0.25, 0.3) is 0 Å². The molecule has 0 aromatic heterocycles. The summed E-state index contributed by atoms with van der Waals surface area (Å²) in [7, 11) is 3.51. The van der Waals surface area contributed by atoms with Crippen LogP contribution in [0.2, 0.25) is 0 Å². The maximum atomic E-state index is 11.5. The van der Waals surface area contributed by atoms with Crippen LogP contribution in [0.4, 0.5) is 0 Å². The predicted molar refractivity (Wildman–Crippen MR) is 65.4 cm³/mol. The van der Waals surface area contributed by atoms with Gasteiger partial charge >= 0.3 is 0 Å². The van der Waals surface area contributed by atoms with E-state index in [1.807, 2.05) is 0 Å². The number of nitrogens with zero attached hydrogens (tertiary/aromatic N) is 1. The van der Waals surface area contributed by atoms with Gasteiger partial charge in [0.2, 0.25) is 5.91 Å². The molecule has 92 valence electrons. The summed E-state index contributed by atoms with van der Waals surface area (Å²) in [6.45, 7) is 0.617. The van der Waals surface area contributed by atoms with E-state index in [0.29, 0.717) is 25.0 Å². The number of amides is 1. The van der Waals surface area contributed by atoms with Crippen molar-refractivity contribution in [2.45, 2.75) is 38.1 Å². The third-order valence-corrected chi connectivity index (χ3v) is 2.83. The molecule has 1 rings (SSSR count). The van der Waals surface area contributed by atoms with E-state index in [1.165, 1.54) is 12.8 Å². The number of carbonyl (C=O) groups excluding carboxylic acids is 1. The summed E-state index contributed by atoms with van der Waals surface area (Å²) in [5, 5.41) is 9.01. The second kappa shape index (κ2) is 7.09. The van der Waals surface area contributed by atoms with Crippen LogP contribution in [0.25, 0.3) is 0 Å². The highest BCUT2D eigenvalue weighted by atomic mass is 16.1. The van der Waals surface area contributed by atoms with Crippen LogP contribution in [0.3, 0.4) is 0 Å². The van der Waals surface area contributed by atoms with Gasteiger partial charge in [-0.05, 0) is 12.8 Å². The molecule has 0 atom stereocenters. The molecule has 0 saturated heterocycles. The Hall–Kier alpha value is -1.26. The van der Waals surface area contributed by atoms with Gasteiger partial charge in [0, 0.05) is 33.1 Å². The first-order chi connectivity index (χ1) is 7.76. The lowest BCUT2D eigenvalue weighted by molar-refractivity contribution is -0.121. The molecule has 1 aliphatic rings. The van der Waals surface area contributed by atoms with Crippen molar-refractivity contribution in [1.29, 1.82) is 0 Å². The molecule has 16 heavy (non-hydrogen) atoms. The first kappa shape index (κ1) is 12.8. The number of rotatable bonds is 4. The van der Waals surface area contributed by atoms with Crippen LogP contribution < -0.4 is 16.0 Å². The fourth-order valence-corrected chi connectivity index (χ4v) is 1.94. The standard InChI is InChI=1S/C11H22N4O/c1-12-11(13-2)14-8-7-10(16)15-9-5-3-4-6-9/h9H,3-8H2,1-2H3,(H,15,16)(H2,12,13,14). The summed E-state index contributed by atoms with van der Waals surface area (Å²) in [4.78, 5) is 15.5. The SMILES string of the molecule is CN=C(NC)NCCC(=O)NC1CCCC1. The van der Waals surface area contributed by atoms with Crippen LogP contribution in [0, 0.1) is 0 Å². The van der Waals surface area contributed by atoms with Gasteiger partial charge in [-0.1, -0.05) is 12.8 Å². The molecule has 5 nitrogen and oxygen atoms in total. The topological polar surface area (TPSA) is 65.5 Å². The largest absolute Gasteiger partial charge is 0.359 e. The summed E-state index contributed by atoms with van der Waals surface area (Å²) in [6, 6.07) is 0.413. The van der Waals surface area contributed by atoms with Crippen molar-refractivity contribution in [3.63, 3.8) is 0 Å². The van der Waals surface area contributed by atoms with Crippen molar-refractivity contribution < 1.29 is 4.79 Å². The number of carbonyl (C=O) groups is 1. The minimum atomic E-state index is 0.131. The van der Waals surface area contributed by atoms with Gasteiger partial charge in [0.05, 0.1) is 0 Å². The normalized spacial score (nSPS) is 17.2. The first-order valence-corrected chi connectivity index (χ1v) is 5.94. The Balaban J connectivity index is 2.10. The van der Waals surface area contributed by atoms with Gasteiger partial charge in [0.1, 0.15) is 0 Å². The van der Waals surface area contributed by atoms with Gasteiger partial charge in [-0.3, -0.25) is 9.79 Å². The van der Waals surface area contributed by atoms with Crippen LogP contribution in [0.15, 0.2) is 4.99 Å². The second-order valence-electron chi connectivity index (χ2n) is 4.05. The molecule has 0 aromatic carbocycles. The molecule has 5 heteroatoms. The fraction of sp³-hybridized carbons (Fsp3) is 0.818. The summed E-state index contributed by atoms with van der Waals surface area (Å²) in [5.74, 6) is 0.847. The Morgan fingerprint density at radius 1 is 1.38 bits per heavy atom. The minimum Gasteiger partial charge on any atom is -0.359 e. The lowest BCUT2D eigenvalue weighted by atomic mass is 10.2. The van der Waals surface area contributed by atoms with Gasteiger partial charge in [-0.15, -0.1) is 0 Å². The molecule has 1 aliphatic carbocycles. The van der Waals surface area contributed by atoms with E-state index in [0.717, 1.165) is 12.8 Å². The Morgan fingerprint density at radius 2 is 2.06 bits per heavy atom. The molecule has 0 unspecified atom stereocenters. The zero-order valence-corrected chi connectivity index (χ0v) is 10.2. The van der Waals surface area contributed by atoms with Crippen LogP contribution in [0.1, 0.15) is 32.1 Å². The maximum Gasteiger partial charge on any atom is 0.221 e. The molecule has 0 radical (unpaired) electrons. The van der Waals surface area contributed by atoms with E-state index in [1.54, 1.807) is 14.1 Å². The van der Waals surface area contributed by atoms with Crippen molar-refractivity contribution in [3.05, 3.63) is 0 Å².